The first-order valence-electron chi connectivity index (χ1n) is 20.6. The highest BCUT2D eigenvalue weighted by molar-refractivity contribution is 7.46. The van der Waals surface area contributed by atoms with Crippen LogP contribution in [0.4, 0.5) is 0 Å². The fraction of sp³-hybridized carbons (Fsp3) is 0.721. The van der Waals surface area contributed by atoms with Gasteiger partial charge in [-0.3, -0.25) is 14.1 Å². The minimum Gasteiger partial charge on any atom is -0.462 e. The predicted molar refractivity (Wildman–Crippen MR) is 216 cm³/mol. The topological polar surface area (TPSA) is 119 Å². The molecule has 52 heavy (non-hydrogen) atoms. The van der Waals surface area contributed by atoms with Gasteiger partial charge in [-0.25, -0.2) is 4.57 Å². The van der Waals surface area contributed by atoms with Crippen LogP contribution in [-0.2, 0) is 28.2 Å². The van der Waals surface area contributed by atoms with E-state index < -0.39 is 32.5 Å². The summed E-state index contributed by atoms with van der Waals surface area (Å²) in [6.07, 6.45) is 48.0. The van der Waals surface area contributed by atoms with Crippen molar-refractivity contribution in [1.29, 1.82) is 0 Å². The lowest BCUT2D eigenvalue weighted by molar-refractivity contribution is -0.161. The average molecular weight is 751 g/mol. The molecule has 8 nitrogen and oxygen atoms in total. The van der Waals surface area contributed by atoms with Crippen LogP contribution in [0.15, 0.2) is 60.8 Å². The molecule has 0 spiro atoms. The highest BCUT2D eigenvalue weighted by atomic mass is 31.2. The Morgan fingerprint density at radius 3 is 1.44 bits per heavy atom. The first-order chi connectivity index (χ1) is 25.3. The third-order valence-electron chi connectivity index (χ3n) is 8.52. The van der Waals surface area contributed by atoms with Gasteiger partial charge in [0.25, 0.3) is 0 Å². The molecule has 300 valence electrons. The van der Waals surface area contributed by atoms with Crippen molar-refractivity contribution in [3.63, 3.8) is 0 Å². The summed E-state index contributed by atoms with van der Waals surface area (Å²) in [5, 5.41) is 0. The van der Waals surface area contributed by atoms with E-state index >= 15 is 0 Å². The molecule has 2 N–H and O–H groups in total. The van der Waals surface area contributed by atoms with E-state index in [-0.39, 0.29) is 19.4 Å². The number of ether oxygens (including phenoxy) is 2. The Balaban J connectivity index is 3.99. The molecule has 0 saturated heterocycles. The second kappa shape index (κ2) is 38.5. The summed E-state index contributed by atoms with van der Waals surface area (Å²) >= 11 is 0. The molecule has 0 fully saturated rings. The maximum Gasteiger partial charge on any atom is 0.469 e. The van der Waals surface area contributed by atoms with E-state index in [1.165, 1.54) is 77.0 Å². The minimum atomic E-state index is -4.77. The summed E-state index contributed by atoms with van der Waals surface area (Å²) in [5.41, 5.74) is 0. The van der Waals surface area contributed by atoms with Gasteiger partial charge < -0.3 is 19.3 Å². The lowest BCUT2D eigenvalue weighted by Gasteiger charge is -2.18. The van der Waals surface area contributed by atoms with Gasteiger partial charge in [-0.15, -0.1) is 0 Å². The number of allylic oxidation sites excluding steroid dienone is 10. The van der Waals surface area contributed by atoms with Gasteiger partial charge in [-0.1, -0.05) is 152 Å². The Bertz CT molecular complexity index is 1030. The van der Waals surface area contributed by atoms with Crippen LogP contribution in [0.1, 0.15) is 181 Å². The Kier molecular flexibility index (Phi) is 36.8. The maximum atomic E-state index is 12.4. The van der Waals surface area contributed by atoms with Crippen LogP contribution in [-0.4, -0.2) is 41.0 Å². The highest BCUT2D eigenvalue weighted by Gasteiger charge is 2.22. The van der Waals surface area contributed by atoms with Crippen LogP contribution in [0.25, 0.3) is 0 Å². The summed E-state index contributed by atoms with van der Waals surface area (Å²) in [5.74, 6) is -0.941. The van der Waals surface area contributed by atoms with E-state index in [0.29, 0.717) is 12.8 Å². The second-order valence-corrected chi connectivity index (χ2v) is 14.8. The van der Waals surface area contributed by atoms with Crippen LogP contribution in [0.3, 0.4) is 0 Å². The van der Waals surface area contributed by atoms with Crippen molar-refractivity contribution in [3.8, 4) is 0 Å². The maximum absolute atomic E-state index is 12.4. The molecule has 0 aliphatic heterocycles. The Hall–Kier alpha value is -2.25. The number of phosphoric acid groups is 1. The summed E-state index contributed by atoms with van der Waals surface area (Å²) in [4.78, 5) is 42.8. The molecule has 0 bridgehead atoms. The number of unbranched alkanes of at least 4 members (excludes halogenated alkanes) is 17. The van der Waals surface area contributed by atoms with E-state index in [0.717, 1.165) is 64.2 Å². The van der Waals surface area contributed by atoms with E-state index in [2.05, 4.69) is 79.1 Å². The molecule has 0 aromatic rings. The van der Waals surface area contributed by atoms with E-state index in [4.69, 9.17) is 19.3 Å². The van der Waals surface area contributed by atoms with Crippen molar-refractivity contribution in [2.45, 2.75) is 187 Å². The number of rotatable bonds is 37. The third-order valence-corrected chi connectivity index (χ3v) is 9.01. The molecule has 0 amide bonds. The van der Waals surface area contributed by atoms with Gasteiger partial charge in [0, 0.05) is 12.8 Å². The number of hydrogen-bond acceptors (Lipinski definition) is 6. The summed E-state index contributed by atoms with van der Waals surface area (Å²) in [6, 6.07) is 0. The number of carbonyl (C=O) groups is 2. The first-order valence-corrected chi connectivity index (χ1v) is 22.1. The zero-order valence-corrected chi connectivity index (χ0v) is 33.8. The van der Waals surface area contributed by atoms with Crippen molar-refractivity contribution in [2.75, 3.05) is 13.2 Å². The Morgan fingerprint density at radius 2 is 0.923 bits per heavy atom. The molecule has 0 radical (unpaired) electrons. The van der Waals surface area contributed by atoms with E-state index in [9.17, 15) is 14.2 Å². The molecule has 0 aliphatic rings. The van der Waals surface area contributed by atoms with Crippen molar-refractivity contribution in [2.24, 2.45) is 0 Å². The van der Waals surface area contributed by atoms with Gasteiger partial charge in [0.15, 0.2) is 6.10 Å². The molecule has 0 heterocycles. The molecule has 0 aromatic carbocycles. The van der Waals surface area contributed by atoms with Crippen LogP contribution in [0.2, 0.25) is 0 Å². The lowest BCUT2D eigenvalue weighted by Crippen LogP contribution is -2.29. The molecular formula is C43H75O8P. The van der Waals surface area contributed by atoms with Crippen LogP contribution >= 0.6 is 7.82 Å². The SMILES string of the molecule is CC/C=C\C/C=C\C/C=C\C/C=C\CCCCC(=O)OC[C@H](COP(=O)(O)O)OC(=O)CCCCCCCCC/C=C\CCCCCCCCCC. The largest absolute Gasteiger partial charge is 0.469 e. The van der Waals surface area contributed by atoms with E-state index in [1.54, 1.807) is 0 Å². The Morgan fingerprint density at radius 1 is 0.519 bits per heavy atom. The fourth-order valence-corrected chi connectivity index (χ4v) is 5.84. The summed E-state index contributed by atoms with van der Waals surface area (Å²) < 4.78 is 26.3. The van der Waals surface area contributed by atoms with Crippen LogP contribution < -0.4 is 0 Å². The summed E-state index contributed by atoms with van der Waals surface area (Å²) in [7, 11) is -4.77. The fourth-order valence-electron chi connectivity index (χ4n) is 5.48. The van der Waals surface area contributed by atoms with Crippen LogP contribution in [0, 0.1) is 0 Å². The molecule has 0 rings (SSSR count). The molecule has 0 aliphatic carbocycles. The van der Waals surface area contributed by atoms with E-state index in [1.807, 2.05) is 0 Å². The van der Waals surface area contributed by atoms with Crippen molar-refractivity contribution < 1.29 is 37.9 Å². The van der Waals surface area contributed by atoms with Crippen molar-refractivity contribution >= 4 is 19.8 Å². The van der Waals surface area contributed by atoms with Gasteiger partial charge in [-0.2, -0.15) is 0 Å². The molecule has 1 atom stereocenters. The first kappa shape index (κ1) is 49.8. The van der Waals surface area contributed by atoms with Crippen molar-refractivity contribution in [3.05, 3.63) is 60.8 Å². The second-order valence-electron chi connectivity index (χ2n) is 13.6. The summed E-state index contributed by atoms with van der Waals surface area (Å²) in [6.45, 7) is 3.53. The monoisotopic (exact) mass is 751 g/mol. The lowest BCUT2D eigenvalue weighted by atomic mass is 10.1. The molecule has 0 aromatic heterocycles. The number of phosphoric ester groups is 1. The third kappa shape index (κ3) is 40.5. The molecule has 0 unspecified atom stereocenters. The zero-order valence-electron chi connectivity index (χ0n) is 32.9. The average Bonchev–Trinajstić information content (AvgIpc) is 3.11. The van der Waals surface area contributed by atoms with Gasteiger partial charge >= 0.3 is 19.8 Å². The Labute approximate surface area is 317 Å². The zero-order chi connectivity index (χ0) is 38.2. The molecule has 0 saturated carbocycles. The van der Waals surface area contributed by atoms with Gasteiger partial charge in [0.1, 0.15) is 6.61 Å². The normalized spacial score (nSPS) is 13.1. The number of carbonyl (C=O) groups excluding carboxylic acids is 2. The minimum absolute atomic E-state index is 0.196. The number of esters is 2. The number of hydrogen-bond donors (Lipinski definition) is 2. The molecule has 9 heteroatoms. The van der Waals surface area contributed by atoms with Crippen molar-refractivity contribution in [1.82, 2.24) is 0 Å². The molecular weight excluding hydrogens is 675 g/mol. The van der Waals surface area contributed by atoms with Gasteiger partial charge in [0.2, 0.25) is 0 Å². The predicted octanol–water partition coefficient (Wildman–Crippen LogP) is 12.5. The smallest absolute Gasteiger partial charge is 0.462 e. The van der Waals surface area contributed by atoms with Gasteiger partial charge in [0.05, 0.1) is 6.61 Å². The quantitative estimate of drug-likeness (QED) is 0.0279. The van der Waals surface area contributed by atoms with Crippen LogP contribution in [0.5, 0.6) is 0 Å². The highest BCUT2D eigenvalue weighted by Crippen LogP contribution is 2.36. The standard InChI is InChI=1S/C43H75O8P/c1-3-5-7-9-11-13-15-17-19-20-21-22-24-26-28-30-32-34-36-38-43(45)51-41(40-50-52(46,47)48)39-49-42(44)37-35-33-31-29-27-25-23-18-16-14-12-10-8-6-4-2/h6,8,12,14,18,20-21,23,27,29,41H,3-5,7,9-11,13,15-17,19,22,24-26,28,30-40H2,1-2H3,(H2,46,47,48)/b8-6-,14-12-,21-20-,23-18-,29-27-/t41-/m1/s1. The van der Waals surface area contributed by atoms with Gasteiger partial charge in [-0.05, 0) is 77.0 Å².